The highest BCUT2D eigenvalue weighted by Crippen LogP contribution is 2.28. The van der Waals surface area contributed by atoms with Gasteiger partial charge in [0.15, 0.2) is 5.13 Å². The van der Waals surface area contributed by atoms with E-state index in [9.17, 15) is 13.2 Å². The minimum atomic E-state index is -3.57. The fourth-order valence-electron chi connectivity index (χ4n) is 4.09. The lowest BCUT2D eigenvalue weighted by atomic mass is 9.94. The summed E-state index contributed by atoms with van der Waals surface area (Å²) in [6.07, 6.45) is 1.04. The summed E-state index contributed by atoms with van der Waals surface area (Å²) in [6.45, 7) is 7.24. The molecule has 1 aliphatic heterocycles. The van der Waals surface area contributed by atoms with E-state index in [1.54, 1.807) is 16.4 Å². The lowest BCUT2D eigenvalue weighted by Crippen LogP contribution is -2.42. The average molecular weight is 470 g/mol. The molecule has 0 radical (unpaired) electrons. The monoisotopic (exact) mass is 469 g/mol. The number of hydrogen-bond acceptors (Lipinski definition) is 5. The number of sulfonamides is 1. The van der Waals surface area contributed by atoms with Crippen LogP contribution in [0.3, 0.4) is 0 Å². The SMILES string of the molecule is Cc1ccc(-c2csc(NC(=O)c3ccc(S(=O)(=O)N4C[C@@H](C)C[C@H](C)C4)cc3)n2)cc1. The highest BCUT2D eigenvalue weighted by molar-refractivity contribution is 7.89. The van der Waals surface area contributed by atoms with Gasteiger partial charge in [-0.3, -0.25) is 10.1 Å². The molecule has 1 N–H and O–H groups in total. The second-order valence-electron chi connectivity index (χ2n) is 8.65. The topological polar surface area (TPSA) is 79.4 Å². The van der Waals surface area contributed by atoms with Gasteiger partial charge in [-0.05, 0) is 49.4 Å². The largest absolute Gasteiger partial charge is 0.298 e. The van der Waals surface area contributed by atoms with Gasteiger partial charge in [-0.15, -0.1) is 11.3 Å². The lowest BCUT2D eigenvalue weighted by Gasteiger charge is -2.34. The molecule has 2 aromatic carbocycles. The maximum atomic E-state index is 13.0. The van der Waals surface area contributed by atoms with Gasteiger partial charge in [0.1, 0.15) is 0 Å². The van der Waals surface area contributed by atoms with Gasteiger partial charge >= 0.3 is 0 Å². The molecule has 3 aromatic rings. The third kappa shape index (κ3) is 4.92. The van der Waals surface area contributed by atoms with Crippen LogP contribution in [0, 0.1) is 18.8 Å². The van der Waals surface area contributed by atoms with E-state index in [1.807, 2.05) is 36.6 Å². The summed E-state index contributed by atoms with van der Waals surface area (Å²) < 4.78 is 27.6. The van der Waals surface area contributed by atoms with Crippen molar-refractivity contribution in [2.75, 3.05) is 18.4 Å². The second kappa shape index (κ2) is 9.13. The van der Waals surface area contributed by atoms with Gasteiger partial charge in [-0.1, -0.05) is 43.7 Å². The summed E-state index contributed by atoms with van der Waals surface area (Å²) in [5.74, 6) is 0.349. The van der Waals surface area contributed by atoms with Crippen molar-refractivity contribution in [3.8, 4) is 11.3 Å². The zero-order valence-electron chi connectivity index (χ0n) is 18.4. The molecule has 6 nitrogen and oxygen atoms in total. The number of hydrogen-bond donors (Lipinski definition) is 1. The molecule has 1 saturated heterocycles. The van der Waals surface area contributed by atoms with Crippen molar-refractivity contribution in [2.45, 2.75) is 32.1 Å². The highest BCUT2D eigenvalue weighted by Gasteiger charge is 2.31. The molecule has 0 spiro atoms. The molecule has 32 heavy (non-hydrogen) atoms. The van der Waals surface area contributed by atoms with E-state index in [-0.39, 0.29) is 10.8 Å². The van der Waals surface area contributed by atoms with Crippen molar-refractivity contribution >= 4 is 32.4 Å². The Hall–Kier alpha value is -2.55. The summed E-state index contributed by atoms with van der Waals surface area (Å²) in [6, 6.07) is 14.2. The predicted octanol–water partition coefficient (Wildman–Crippen LogP) is 5.04. The van der Waals surface area contributed by atoms with Crippen molar-refractivity contribution in [2.24, 2.45) is 11.8 Å². The highest BCUT2D eigenvalue weighted by atomic mass is 32.2. The smallest absolute Gasteiger partial charge is 0.257 e. The fraction of sp³-hybridized carbons (Fsp3) is 0.333. The third-order valence-corrected chi connectivity index (χ3v) is 8.27. The van der Waals surface area contributed by atoms with Crippen LogP contribution in [-0.4, -0.2) is 36.7 Å². The van der Waals surface area contributed by atoms with Crippen LogP contribution in [0.2, 0.25) is 0 Å². The normalized spacial score (nSPS) is 19.6. The molecule has 1 fully saturated rings. The number of nitrogens with zero attached hydrogens (tertiary/aromatic N) is 2. The van der Waals surface area contributed by atoms with Crippen molar-refractivity contribution in [1.82, 2.24) is 9.29 Å². The molecule has 4 rings (SSSR count). The van der Waals surface area contributed by atoms with E-state index in [2.05, 4.69) is 24.1 Å². The van der Waals surface area contributed by atoms with Gasteiger partial charge in [0.25, 0.3) is 5.91 Å². The van der Waals surface area contributed by atoms with Gasteiger partial charge < -0.3 is 0 Å². The Labute approximate surface area is 193 Å². The van der Waals surface area contributed by atoms with Crippen molar-refractivity contribution < 1.29 is 13.2 Å². The number of nitrogens with one attached hydrogen (secondary N) is 1. The minimum absolute atomic E-state index is 0.214. The van der Waals surface area contributed by atoms with Crippen LogP contribution in [-0.2, 0) is 10.0 Å². The Kier molecular flexibility index (Phi) is 6.46. The number of benzene rings is 2. The van der Waals surface area contributed by atoms with Gasteiger partial charge in [-0.25, -0.2) is 13.4 Å². The molecule has 8 heteroatoms. The Morgan fingerprint density at radius 3 is 2.28 bits per heavy atom. The van der Waals surface area contributed by atoms with Crippen LogP contribution in [0.5, 0.6) is 0 Å². The number of piperidine rings is 1. The molecule has 1 amide bonds. The molecule has 2 atom stereocenters. The first-order chi connectivity index (χ1) is 15.2. The standard InChI is InChI=1S/C24H27N3O3S2/c1-16-4-6-19(7-5-16)22-15-31-24(25-22)26-23(28)20-8-10-21(11-9-20)32(29,30)27-13-17(2)12-18(3)14-27/h4-11,15,17-18H,12-14H2,1-3H3,(H,25,26,28)/t17-,18-/m0/s1. The van der Waals surface area contributed by atoms with Crippen molar-refractivity contribution in [3.05, 3.63) is 65.0 Å². The number of aromatic nitrogens is 1. The average Bonchev–Trinajstić information content (AvgIpc) is 3.22. The molecule has 0 unspecified atom stereocenters. The van der Waals surface area contributed by atoms with Gasteiger partial charge in [0.2, 0.25) is 10.0 Å². The molecule has 0 aliphatic carbocycles. The first kappa shape index (κ1) is 22.6. The Balaban J connectivity index is 1.45. The van der Waals surface area contributed by atoms with Crippen LogP contribution in [0.4, 0.5) is 5.13 Å². The van der Waals surface area contributed by atoms with E-state index in [1.165, 1.54) is 29.0 Å². The summed E-state index contributed by atoms with van der Waals surface area (Å²) >= 11 is 1.35. The van der Waals surface area contributed by atoms with Crippen LogP contribution in [0.15, 0.2) is 58.8 Å². The fourth-order valence-corrected chi connectivity index (χ4v) is 6.48. The molecule has 0 bridgehead atoms. The van der Waals surface area contributed by atoms with Crippen LogP contribution in [0.25, 0.3) is 11.3 Å². The molecule has 168 valence electrons. The molecular weight excluding hydrogens is 442 g/mol. The molecular formula is C24H27N3O3S2. The van der Waals surface area contributed by atoms with E-state index in [0.717, 1.165) is 17.7 Å². The van der Waals surface area contributed by atoms with Gasteiger partial charge in [-0.2, -0.15) is 4.31 Å². The van der Waals surface area contributed by atoms with Crippen molar-refractivity contribution in [3.63, 3.8) is 0 Å². The van der Waals surface area contributed by atoms with E-state index in [4.69, 9.17) is 0 Å². The molecule has 2 heterocycles. The van der Waals surface area contributed by atoms with Crippen LogP contribution < -0.4 is 5.32 Å². The number of rotatable bonds is 5. The Morgan fingerprint density at radius 2 is 1.66 bits per heavy atom. The lowest BCUT2D eigenvalue weighted by molar-refractivity contribution is 0.102. The minimum Gasteiger partial charge on any atom is -0.298 e. The van der Waals surface area contributed by atoms with Gasteiger partial charge in [0, 0.05) is 29.6 Å². The maximum Gasteiger partial charge on any atom is 0.257 e. The predicted molar refractivity (Wildman–Crippen MR) is 128 cm³/mol. The van der Waals surface area contributed by atoms with Gasteiger partial charge in [0.05, 0.1) is 10.6 Å². The Bertz CT molecular complexity index is 1190. The zero-order chi connectivity index (χ0) is 22.9. The number of carbonyl (C=O) groups excluding carboxylic acids is 1. The number of anilines is 1. The summed E-state index contributed by atoms with van der Waals surface area (Å²) in [5, 5.41) is 5.20. The molecule has 1 aromatic heterocycles. The zero-order valence-corrected chi connectivity index (χ0v) is 20.0. The number of thiazole rings is 1. The number of carbonyl (C=O) groups is 1. The maximum absolute atomic E-state index is 13.0. The summed E-state index contributed by atoms with van der Waals surface area (Å²) in [7, 11) is -3.57. The van der Waals surface area contributed by atoms with Crippen molar-refractivity contribution in [1.29, 1.82) is 0 Å². The van der Waals surface area contributed by atoms with E-state index < -0.39 is 10.0 Å². The van der Waals surface area contributed by atoms with E-state index in [0.29, 0.717) is 35.6 Å². The summed E-state index contributed by atoms with van der Waals surface area (Å²) in [4.78, 5) is 17.4. The molecule has 0 saturated carbocycles. The van der Waals surface area contributed by atoms with Crippen LogP contribution in [0.1, 0.15) is 36.2 Å². The number of amides is 1. The summed E-state index contributed by atoms with van der Waals surface area (Å²) in [5.41, 5.74) is 3.35. The first-order valence-electron chi connectivity index (χ1n) is 10.7. The molecule has 1 aliphatic rings. The van der Waals surface area contributed by atoms with Crippen LogP contribution >= 0.6 is 11.3 Å². The first-order valence-corrected chi connectivity index (χ1v) is 13.0. The Morgan fingerprint density at radius 1 is 1.03 bits per heavy atom. The van der Waals surface area contributed by atoms with E-state index >= 15 is 0 Å². The number of aryl methyl sites for hydroxylation is 1. The second-order valence-corrected chi connectivity index (χ2v) is 11.4. The quantitative estimate of drug-likeness (QED) is 0.568. The third-order valence-electron chi connectivity index (χ3n) is 5.66.